The number of esters is 1. The first-order valence-corrected chi connectivity index (χ1v) is 8.31. The van der Waals surface area contributed by atoms with Crippen molar-refractivity contribution in [1.82, 2.24) is 4.90 Å². The monoisotopic (exact) mass is 323 g/mol. The second-order valence-corrected chi connectivity index (χ2v) is 5.93. The molecule has 4 heteroatoms. The third-order valence-corrected chi connectivity index (χ3v) is 4.21. The Balaban J connectivity index is 1.86. The van der Waals surface area contributed by atoms with Gasteiger partial charge in [0.2, 0.25) is 0 Å². The number of carbonyl (C=O) groups excluding carboxylic acids is 2. The summed E-state index contributed by atoms with van der Waals surface area (Å²) in [7, 11) is 0. The zero-order chi connectivity index (χ0) is 16.9. The number of nitrogens with zero attached hydrogens (tertiary/aromatic N) is 1. The molecule has 0 unspecified atom stereocenters. The highest BCUT2D eigenvalue weighted by Crippen LogP contribution is 2.18. The molecule has 24 heavy (non-hydrogen) atoms. The molecule has 0 atom stereocenters. The van der Waals surface area contributed by atoms with Gasteiger partial charge in [-0.25, -0.2) is 4.79 Å². The lowest BCUT2D eigenvalue weighted by Gasteiger charge is -2.30. The van der Waals surface area contributed by atoms with E-state index < -0.39 is 5.97 Å². The van der Waals surface area contributed by atoms with Gasteiger partial charge in [-0.15, -0.1) is 0 Å². The molecule has 0 N–H and O–H groups in total. The summed E-state index contributed by atoms with van der Waals surface area (Å²) in [5.41, 5.74) is 2.42. The Morgan fingerprint density at radius 3 is 2.46 bits per heavy atom. The van der Waals surface area contributed by atoms with Gasteiger partial charge in [0.25, 0.3) is 0 Å². The summed E-state index contributed by atoms with van der Waals surface area (Å²) in [6.45, 7) is 5.13. The quantitative estimate of drug-likeness (QED) is 0.604. The summed E-state index contributed by atoms with van der Waals surface area (Å²) in [5, 5.41) is 0. The fourth-order valence-corrected chi connectivity index (χ4v) is 2.83. The highest BCUT2D eigenvalue weighted by Gasteiger charge is 2.20. The average molecular weight is 323 g/mol. The van der Waals surface area contributed by atoms with Crippen molar-refractivity contribution in [3.05, 3.63) is 70.8 Å². The number of hydrogen-bond acceptors (Lipinski definition) is 4. The molecule has 1 heterocycles. The molecule has 0 saturated carbocycles. The van der Waals surface area contributed by atoms with Crippen molar-refractivity contribution in [2.45, 2.75) is 19.9 Å². The Bertz CT molecular complexity index is 750. The van der Waals surface area contributed by atoms with E-state index in [1.165, 1.54) is 6.42 Å². The van der Waals surface area contributed by atoms with Crippen LogP contribution in [0.1, 0.15) is 45.2 Å². The van der Waals surface area contributed by atoms with E-state index in [1.807, 2.05) is 18.2 Å². The lowest BCUT2D eigenvalue weighted by molar-refractivity contribution is 0.0523. The van der Waals surface area contributed by atoms with Gasteiger partial charge in [-0.3, -0.25) is 9.69 Å². The summed E-state index contributed by atoms with van der Waals surface area (Å²) in [6, 6.07) is 14.5. The number of benzene rings is 2. The first kappa shape index (κ1) is 16.4. The molecule has 1 aliphatic rings. The fourth-order valence-electron chi connectivity index (χ4n) is 2.83. The highest BCUT2D eigenvalue weighted by molar-refractivity contribution is 6.14. The van der Waals surface area contributed by atoms with Gasteiger partial charge in [0.1, 0.15) is 0 Å². The molecular weight excluding hydrogens is 302 g/mol. The second-order valence-electron chi connectivity index (χ2n) is 5.93. The summed E-state index contributed by atoms with van der Waals surface area (Å²) in [4.78, 5) is 27.3. The predicted octanol–water partition coefficient (Wildman–Crippen LogP) is 3.30. The maximum absolute atomic E-state index is 12.9. The second kappa shape index (κ2) is 7.41. The zero-order valence-electron chi connectivity index (χ0n) is 13.8. The predicted molar refractivity (Wildman–Crippen MR) is 92.2 cm³/mol. The molecule has 0 bridgehead atoms. The van der Waals surface area contributed by atoms with Crippen LogP contribution in [0.5, 0.6) is 0 Å². The molecule has 1 aliphatic heterocycles. The molecule has 1 fully saturated rings. The van der Waals surface area contributed by atoms with Gasteiger partial charge in [0, 0.05) is 17.7 Å². The van der Waals surface area contributed by atoms with Crippen molar-refractivity contribution in [1.29, 1.82) is 0 Å². The number of hydrogen-bond donors (Lipinski definition) is 0. The highest BCUT2D eigenvalue weighted by atomic mass is 16.5. The molecule has 1 saturated heterocycles. The summed E-state index contributed by atoms with van der Waals surface area (Å²) in [5.74, 6) is -0.609. The van der Waals surface area contributed by atoms with Crippen LogP contribution in [0.3, 0.4) is 0 Å². The van der Waals surface area contributed by atoms with Gasteiger partial charge >= 0.3 is 5.97 Å². The van der Waals surface area contributed by atoms with Gasteiger partial charge in [-0.05, 0) is 44.1 Å². The van der Waals surface area contributed by atoms with Crippen LogP contribution in [-0.4, -0.2) is 36.3 Å². The van der Waals surface area contributed by atoms with Gasteiger partial charge in [-0.1, -0.05) is 36.4 Å². The van der Waals surface area contributed by atoms with Crippen LogP contribution in [-0.2, 0) is 11.3 Å². The molecule has 3 rings (SSSR count). The molecule has 0 radical (unpaired) electrons. The summed E-state index contributed by atoms with van der Waals surface area (Å²) < 4.78 is 5.06. The van der Waals surface area contributed by atoms with Gasteiger partial charge < -0.3 is 4.74 Å². The maximum Gasteiger partial charge on any atom is 0.338 e. The van der Waals surface area contributed by atoms with Gasteiger partial charge in [0.15, 0.2) is 5.78 Å². The Labute approximate surface area is 142 Å². The van der Waals surface area contributed by atoms with E-state index in [4.69, 9.17) is 4.74 Å². The van der Waals surface area contributed by atoms with Crippen molar-refractivity contribution in [3.8, 4) is 0 Å². The number of carbonyl (C=O) groups is 2. The van der Waals surface area contributed by atoms with Crippen molar-refractivity contribution in [2.24, 2.45) is 0 Å². The first-order chi connectivity index (χ1) is 11.7. The van der Waals surface area contributed by atoms with Gasteiger partial charge in [0.05, 0.1) is 12.2 Å². The molecule has 0 aromatic heterocycles. The molecule has 4 nitrogen and oxygen atoms in total. The Morgan fingerprint density at radius 1 is 1.04 bits per heavy atom. The minimum absolute atomic E-state index is 0.149. The minimum atomic E-state index is -0.460. The number of ketones is 1. The van der Waals surface area contributed by atoms with Crippen LogP contribution in [0.4, 0.5) is 0 Å². The van der Waals surface area contributed by atoms with Crippen molar-refractivity contribution in [3.63, 3.8) is 0 Å². The van der Waals surface area contributed by atoms with E-state index in [-0.39, 0.29) is 12.4 Å². The normalized spacial score (nSPS) is 14.0. The van der Waals surface area contributed by atoms with E-state index in [0.29, 0.717) is 16.7 Å². The molecule has 2 aromatic rings. The molecule has 124 valence electrons. The fraction of sp³-hybridized carbons (Fsp3) is 0.300. The van der Waals surface area contributed by atoms with Crippen LogP contribution in [0.25, 0.3) is 0 Å². The van der Waals surface area contributed by atoms with Crippen LogP contribution < -0.4 is 0 Å². The van der Waals surface area contributed by atoms with Crippen LogP contribution in [0.15, 0.2) is 48.5 Å². The van der Waals surface area contributed by atoms with Gasteiger partial charge in [-0.2, -0.15) is 0 Å². The van der Waals surface area contributed by atoms with E-state index in [2.05, 4.69) is 4.90 Å². The molecule has 2 aromatic carbocycles. The van der Waals surface area contributed by atoms with Crippen LogP contribution in [0.2, 0.25) is 0 Å². The van der Waals surface area contributed by atoms with Crippen LogP contribution >= 0.6 is 0 Å². The number of likely N-dealkylation sites (tertiary alicyclic amines) is 1. The Morgan fingerprint density at radius 2 is 1.79 bits per heavy atom. The largest absolute Gasteiger partial charge is 0.462 e. The lowest BCUT2D eigenvalue weighted by atomic mass is 9.97. The maximum atomic E-state index is 12.9. The smallest absolute Gasteiger partial charge is 0.338 e. The van der Waals surface area contributed by atoms with Crippen molar-refractivity contribution in [2.75, 3.05) is 19.7 Å². The van der Waals surface area contributed by atoms with Crippen molar-refractivity contribution < 1.29 is 14.3 Å². The zero-order valence-corrected chi connectivity index (χ0v) is 13.8. The Kier molecular flexibility index (Phi) is 5.06. The topological polar surface area (TPSA) is 46.6 Å². The van der Waals surface area contributed by atoms with E-state index in [9.17, 15) is 9.59 Å². The SMILES string of the molecule is CCOC(=O)c1ccccc1C(=O)c1cccc(CN2CCC2)c1. The van der Waals surface area contributed by atoms with E-state index >= 15 is 0 Å². The minimum Gasteiger partial charge on any atom is -0.462 e. The summed E-state index contributed by atoms with van der Waals surface area (Å²) >= 11 is 0. The molecule has 0 amide bonds. The van der Waals surface area contributed by atoms with E-state index in [1.54, 1.807) is 37.3 Å². The van der Waals surface area contributed by atoms with E-state index in [0.717, 1.165) is 25.2 Å². The molecule has 0 aliphatic carbocycles. The van der Waals surface area contributed by atoms with Crippen LogP contribution in [0, 0.1) is 0 Å². The average Bonchev–Trinajstić information content (AvgIpc) is 2.58. The Hall–Kier alpha value is -2.46. The number of rotatable bonds is 6. The summed E-state index contributed by atoms with van der Waals surface area (Å²) in [6.07, 6.45) is 1.24. The molecular formula is C20H21NO3. The number of ether oxygens (including phenoxy) is 1. The van der Waals surface area contributed by atoms with Crippen molar-refractivity contribution >= 4 is 11.8 Å². The lowest BCUT2D eigenvalue weighted by Crippen LogP contribution is -2.36. The third kappa shape index (κ3) is 3.54. The molecule has 0 spiro atoms. The first-order valence-electron chi connectivity index (χ1n) is 8.31. The standard InChI is InChI=1S/C20H21NO3/c1-2-24-20(23)18-10-4-3-9-17(18)19(22)16-8-5-7-15(13-16)14-21-11-6-12-21/h3-5,7-10,13H,2,6,11-12,14H2,1H3. The third-order valence-electron chi connectivity index (χ3n) is 4.21.